The van der Waals surface area contributed by atoms with Crippen molar-refractivity contribution in [2.75, 3.05) is 11.9 Å². The van der Waals surface area contributed by atoms with Crippen LogP contribution in [0.5, 0.6) is 0 Å². The average Bonchev–Trinajstić information content (AvgIpc) is 2.60. The number of Topliss-reactive ketones (excluding diaryl/α,β-unsaturated/α-hetero) is 1. The van der Waals surface area contributed by atoms with Crippen molar-refractivity contribution in [1.82, 2.24) is 5.32 Å². The maximum Gasteiger partial charge on any atom is 0.227 e. The van der Waals surface area contributed by atoms with E-state index in [-0.39, 0.29) is 29.4 Å². The number of rotatable bonds is 6. The molecule has 5 nitrogen and oxygen atoms in total. The van der Waals surface area contributed by atoms with Gasteiger partial charge in [-0.25, -0.2) is 0 Å². The third-order valence-electron chi connectivity index (χ3n) is 4.45. The molecule has 5 heteroatoms. The molecule has 0 heterocycles. The number of hydrogen-bond donors (Lipinski definition) is 2. The summed E-state index contributed by atoms with van der Waals surface area (Å²) in [6.45, 7) is 5.57. The van der Waals surface area contributed by atoms with Gasteiger partial charge in [-0.3, -0.25) is 14.4 Å². The molecular formula is C19H24N2O3. The Balaban J connectivity index is 1.83. The molecule has 2 amide bonds. The quantitative estimate of drug-likeness (QED) is 0.623. The number of carbonyl (C=O) groups excluding carboxylic acids is 3. The van der Waals surface area contributed by atoms with Crippen LogP contribution in [-0.2, 0) is 9.59 Å². The molecule has 1 aliphatic rings. The second-order valence-electron chi connectivity index (χ2n) is 6.21. The summed E-state index contributed by atoms with van der Waals surface area (Å²) in [4.78, 5) is 35.5. The van der Waals surface area contributed by atoms with Crippen LogP contribution in [0, 0.1) is 11.8 Å². The first-order valence-corrected chi connectivity index (χ1v) is 8.31. The van der Waals surface area contributed by atoms with Crippen LogP contribution >= 0.6 is 0 Å². The fraction of sp³-hybridized carbons (Fsp3) is 0.421. The Labute approximate surface area is 142 Å². The van der Waals surface area contributed by atoms with Gasteiger partial charge in [0.05, 0.1) is 0 Å². The Bertz CT molecular complexity index is 614. The first-order chi connectivity index (χ1) is 11.5. The predicted octanol–water partition coefficient (Wildman–Crippen LogP) is 2.94. The van der Waals surface area contributed by atoms with Crippen LogP contribution in [-0.4, -0.2) is 24.1 Å². The summed E-state index contributed by atoms with van der Waals surface area (Å²) in [5, 5.41) is 5.71. The zero-order valence-electron chi connectivity index (χ0n) is 14.0. The van der Waals surface area contributed by atoms with Gasteiger partial charge in [0.2, 0.25) is 11.8 Å². The summed E-state index contributed by atoms with van der Waals surface area (Å²) < 4.78 is 0. The van der Waals surface area contributed by atoms with E-state index in [9.17, 15) is 14.4 Å². The van der Waals surface area contributed by atoms with Gasteiger partial charge in [-0.15, -0.1) is 6.58 Å². The number of nitrogens with one attached hydrogen (secondary N) is 2. The molecule has 1 aliphatic carbocycles. The molecule has 0 unspecified atom stereocenters. The summed E-state index contributed by atoms with van der Waals surface area (Å²) in [6, 6.07) is 6.89. The smallest absolute Gasteiger partial charge is 0.227 e. The van der Waals surface area contributed by atoms with Crippen molar-refractivity contribution in [3.63, 3.8) is 0 Å². The Morgan fingerprint density at radius 2 is 1.58 bits per heavy atom. The van der Waals surface area contributed by atoms with Gasteiger partial charge in [-0.1, -0.05) is 6.08 Å². The lowest BCUT2D eigenvalue weighted by molar-refractivity contribution is -0.128. The highest BCUT2D eigenvalue weighted by Crippen LogP contribution is 2.29. The number of ketones is 1. The van der Waals surface area contributed by atoms with Gasteiger partial charge in [0, 0.05) is 29.6 Å². The normalized spacial score (nSPS) is 20.0. The van der Waals surface area contributed by atoms with E-state index >= 15 is 0 Å². The Hall–Kier alpha value is -2.43. The van der Waals surface area contributed by atoms with Gasteiger partial charge in [-0.05, 0) is 56.9 Å². The van der Waals surface area contributed by atoms with E-state index in [2.05, 4.69) is 17.2 Å². The molecule has 2 N–H and O–H groups in total. The van der Waals surface area contributed by atoms with Gasteiger partial charge < -0.3 is 10.6 Å². The number of hydrogen-bond acceptors (Lipinski definition) is 3. The minimum atomic E-state index is -0.0686. The van der Waals surface area contributed by atoms with Crippen molar-refractivity contribution in [3.8, 4) is 0 Å². The molecule has 0 atom stereocenters. The maximum absolute atomic E-state index is 12.3. The largest absolute Gasteiger partial charge is 0.352 e. The van der Waals surface area contributed by atoms with Crippen molar-refractivity contribution < 1.29 is 14.4 Å². The molecule has 0 bridgehead atoms. The minimum Gasteiger partial charge on any atom is -0.352 e. The lowest BCUT2D eigenvalue weighted by atomic mass is 9.81. The van der Waals surface area contributed by atoms with Crippen LogP contribution in [0.2, 0.25) is 0 Å². The topological polar surface area (TPSA) is 75.3 Å². The molecule has 0 aromatic heterocycles. The third kappa shape index (κ3) is 4.78. The zero-order chi connectivity index (χ0) is 17.5. The van der Waals surface area contributed by atoms with Gasteiger partial charge in [0.25, 0.3) is 0 Å². The van der Waals surface area contributed by atoms with Crippen LogP contribution in [0.15, 0.2) is 36.9 Å². The van der Waals surface area contributed by atoms with E-state index in [1.807, 2.05) is 0 Å². The van der Waals surface area contributed by atoms with Crippen molar-refractivity contribution in [3.05, 3.63) is 42.5 Å². The van der Waals surface area contributed by atoms with E-state index in [0.717, 1.165) is 12.8 Å². The van der Waals surface area contributed by atoms with Crippen LogP contribution in [0.3, 0.4) is 0 Å². The molecule has 0 saturated heterocycles. The van der Waals surface area contributed by atoms with E-state index in [0.29, 0.717) is 30.6 Å². The Morgan fingerprint density at radius 1 is 1.04 bits per heavy atom. The highest BCUT2D eigenvalue weighted by Gasteiger charge is 2.29. The molecule has 0 aliphatic heterocycles. The van der Waals surface area contributed by atoms with Gasteiger partial charge in [0.1, 0.15) is 0 Å². The average molecular weight is 328 g/mol. The molecule has 1 fully saturated rings. The minimum absolute atomic E-state index is 0.000861. The summed E-state index contributed by atoms with van der Waals surface area (Å²) in [5.74, 6) is -0.0465. The second-order valence-corrected chi connectivity index (χ2v) is 6.21. The van der Waals surface area contributed by atoms with Crippen molar-refractivity contribution in [2.45, 2.75) is 32.6 Å². The Morgan fingerprint density at radius 3 is 2.08 bits per heavy atom. The van der Waals surface area contributed by atoms with Crippen LogP contribution in [0.4, 0.5) is 5.69 Å². The number of carbonyl (C=O) groups is 3. The number of amides is 2. The van der Waals surface area contributed by atoms with Crippen LogP contribution in [0.1, 0.15) is 43.0 Å². The van der Waals surface area contributed by atoms with E-state index in [4.69, 9.17) is 0 Å². The van der Waals surface area contributed by atoms with Gasteiger partial charge in [-0.2, -0.15) is 0 Å². The first-order valence-electron chi connectivity index (χ1n) is 8.31. The lowest BCUT2D eigenvalue weighted by Crippen LogP contribution is -2.35. The van der Waals surface area contributed by atoms with E-state index in [1.54, 1.807) is 30.3 Å². The molecular weight excluding hydrogens is 304 g/mol. The molecule has 128 valence electrons. The first kappa shape index (κ1) is 17.9. The molecule has 1 saturated carbocycles. The fourth-order valence-electron chi connectivity index (χ4n) is 2.97. The highest BCUT2D eigenvalue weighted by atomic mass is 16.2. The molecule has 2 rings (SSSR count). The van der Waals surface area contributed by atoms with E-state index < -0.39 is 0 Å². The SMILES string of the molecule is C=CCNC(=O)C1CCC(C(=O)Nc2ccc(C(C)=O)cc2)CC1. The molecule has 0 radical (unpaired) electrons. The van der Waals surface area contributed by atoms with Crippen LogP contribution in [0.25, 0.3) is 0 Å². The number of anilines is 1. The van der Waals surface area contributed by atoms with Crippen LogP contribution < -0.4 is 10.6 Å². The predicted molar refractivity (Wildman–Crippen MR) is 93.7 cm³/mol. The van der Waals surface area contributed by atoms with Gasteiger partial charge in [0.15, 0.2) is 5.78 Å². The Kier molecular flexibility index (Phi) is 6.29. The van der Waals surface area contributed by atoms with Crippen molar-refractivity contribution in [2.24, 2.45) is 11.8 Å². The highest BCUT2D eigenvalue weighted by molar-refractivity contribution is 5.96. The van der Waals surface area contributed by atoms with Crippen molar-refractivity contribution in [1.29, 1.82) is 0 Å². The zero-order valence-corrected chi connectivity index (χ0v) is 14.0. The number of benzene rings is 1. The fourth-order valence-corrected chi connectivity index (χ4v) is 2.97. The summed E-state index contributed by atoms with van der Waals surface area (Å²) in [6.07, 6.45) is 4.54. The monoisotopic (exact) mass is 328 g/mol. The molecule has 1 aromatic rings. The molecule has 24 heavy (non-hydrogen) atoms. The third-order valence-corrected chi connectivity index (χ3v) is 4.45. The summed E-state index contributed by atoms with van der Waals surface area (Å²) >= 11 is 0. The standard InChI is InChI=1S/C19H24N2O3/c1-3-12-20-18(23)15-4-6-16(7-5-15)19(24)21-17-10-8-14(9-11-17)13(2)22/h3,8-11,15-16H,1,4-7,12H2,2H3,(H,20,23)(H,21,24). The summed E-state index contributed by atoms with van der Waals surface area (Å²) in [7, 11) is 0. The van der Waals surface area contributed by atoms with E-state index in [1.165, 1.54) is 6.92 Å². The molecule has 0 spiro atoms. The molecule has 1 aromatic carbocycles. The lowest BCUT2D eigenvalue weighted by Gasteiger charge is -2.27. The van der Waals surface area contributed by atoms with Crippen molar-refractivity contribution >= 4 is 23.3 Å². The maximum atomic E-state index is 12.3. The van der Waals surface area contributed by atoms with Gasteiger partial charge >= 0.3 is 0 Å². The second kappa shape index (κ2) is 8.43. The summed E-state index contributed by atoms with van der Waals surface area (Å²) in [5.41, 5.74) is 1.31.